The topological polar surface area (TPSA) is 69.7 Å². The van der Waals surface area contributed by atoms with Gasteiger partial charge in [0, 0.05) is 7.11 Å². The van der Waals surface area contributed by atoms with E-state index in [-0.39, 0.29) is 5.88 Å². The molecule has 5 nitrogen and oxygen atoms in total. The first-order valence-corrected chi connectivity index (χ1v) is 4.31. The minimum atomic E-state index is -1.27. The minimum absolute atomic E-state index is 0.328. The molecule has 0 aliphatic carbocycles. The Hall–Kier alpha value is -0.940. The number of hydrogen-bond donors (Lipinski definition) is 0. The van der Waals surface area contributed by atoms with E-state index in [1.807, 2.05) is 0 Å². The van der Waals surface area contributed by atoms with Crippen LogP contribution in [0.25, 0.3) is 0 Å². The fourth-order valence-electron chi connectivity index (χ4n) is 0.820. The lowest BCUT2D eigenvalue weighted by atomic mass is 10.1. The van der Waals surface area contributed by atoms with Gasteiger partial charge in [-0.05, 0) is 0 Å². The maximum Gasteiger partial charge on any atom is 0.313 e. The van der Waals surface area contributed by atoms with Gasteiger partial charge in [0.15, 0.2) is 17.7 Å². The molecule has 0 fully saturated rings. The van der Waals surface area contributed by atoms with Crippen LogP contribution < -0.4 is 0 Å². The number of Topliss-reactive ketones (excluding diaryl/α,β-unsaturated/α-hetero) is 2. The van der Waals surface area contributed by atoms with Gasteiger partial charge in [-0.15, -0.1) is 11.6 Å². The molecule has 0 bridgehead atoms. The monoisotopic (exact) mass is 222 g/mol. The maximum absolute atomic E-state index is 11.2. The third-order valence-electron chi connectivity index (χ3n) is 1.50. The van der Waals surface area contributed by atoms with Crippen molar-refractivity contribution in [2.75, 3.05) is 20.1 Å². The number of alkyl halides is 1. The zero-order valence-electron chi connectivity index (χ0n) is 7.91. The Morgan fingerprint density at radius 3 is 2.14 bits per heavy atom. The number of carbonyl (C=O) groups is 3. The van der Waals surface area contributed by atoms with Gasteiger partial charge in [0.2, 0.25) is 0 Å². The van der Waals surface area contributed by atoms with E-state index in [1.54, 1.807) is 0 Å². The average molecular weight is 223 g/mol. The summed E-state index contributed by atoms with van der Waals surface area (Å²) in [5.41, 5.74) is 0. The highest BCUT2D eigenvalue weighted by Crippen LogP contribution is 2.01. The van der Waals surface area contributed by atoms with Crippen molar-refractivity contribution in [1.82, 2.24) is 0 Å². The first-order chi connectivity index (χ1) is 6.56. The van der Waals surface area contributed by atoms with Crippen LogP contribution in [0.1, 0.15) is 6.42 Å². The second kappa shape index (κ2) is 6.50. The van der Waals surface area contributed by atoms with Crippen LogP contribution in [-0.4, -0.2) is 43.7 Å². The fraction of sp³-hybridized carbons (Fsp3) is 0.625. The number of rotatable bonds is 6. The Morgan fingerprint density at radius 2 is 1.79 bits per heavy atom. The Morgan fingerprint density at radius 1 is 1.21 bits per heavy atom. The number of methoxy groups -OCH3 is 2. The second-order valence-electron chi connectivity index (χ2n) is 2.43. The molecule has 0 rings (SSSR count). The summed E-state index contributed by atoms with van der Waals surface area (Å²) < 4.78 is 8.89. The SMILES string of the molecule is COC(=O)CC(=O)C(OC)C(=O)CCl. The van der Waals surface area contributed by atoms with Crippen molar-refractivity contribution in [3.8, 4) is 0 Å². The van der Waals surface area contributed by atoms with Crippen LogP contribution in [0, 0.1) is 0 Å². The molecule has 0 saturated carbocycles. The van der Waals surface area contributed by atoms with Crippen molar-refractivity contribution in [2.24, 2.45) is 0 Å². The molecular formula is C8H11ClO5. The number of esters is 1. The van der Waals surface area contributed by atoms with Crippen LogP contribution in [0.5, 0.6) is 0 Å². The van der Waals surface area contributed by atoms with E-state index in [9.17, 15) is 14.4 Å². The van der Waals surface area contributed by atoms with E-state index in [1.165, 1.54) is 7.11 Å². The number of halogens is 1. The molecule has 0 heterocycles. The molecule has 0 aliphatic rings. The molecule has 0 aliphatic heterocycles. The average Bonchev–Trinajstić information content (AvgIpc) is 2.18. The van der Waals surface area contributed by atoms with Crippen LogP contribution in [-0.2, 0) is 23.9 Å². The zero-order valence-corrected chi connectivity index (χ0v) is 8.67. The second-order valence-corrected chi connectivity index (χ2v) is 2.70. The van der Waals surface area contributed by atoms with Crippen molar-refractivity contribution in [2.45, 2.75) is 12.5 Å². The quantitative estimate of drug-likeness (QED) is 0.358. The molecule has 1 unspecified atom stereocenters. The summed E-state index contributed by atoms with van der Waals surface area (Å²) in [6.45, 7) is 0. The van der Waals surface area contributed by atoms with Crippen molar-refractivity contribution in [1.29, 1.82) is 0 Å². The molecular weight excluding hydrogens is 212 g/mol. The maximum atomic E-state index is 11.2. The third-order valence-corrected chi connectivity index (χ3v) is 1.76. The molecule has 0 N–H and O–H groups in total. The summed E-state index contributed by atoms with van der Waals surface area (Å²) in [6.07, 6.45) is -1.76. The van der Waals surface area contributed by atoms with Gasteiger partial charge in [0.1, 0.15) is 6.42 Å². The summed E-state index contributed by atoms with van der Waals surface area (Å²) in [5, 5.41) is 0. The number of ether oxygens (including phenoxy) is 2. The van der Waals surface area contributed by atoms with E-state index in [4.69, 9.17) is 11.6 Å². The lowest BCUT2D eigenvalue weighted by molar-refractivity contribution is -0.147. The highest BCUT2D eigenvalue weighted by Gasteiger charge is 2.27. The van der Waals surface area contributed by atoms with Crippen LogP contribution in [0.15, 0.2) is 0 Å². The molecule has 0 saturated heterocycles. The van der Waals surface area contributed by atoms with Crippen molar-refractivity contribution < 1.29 is 23.9 Å². The Bertz CT molecular complexity index is 238. The molecule has 0 aromatic carbocycles. The molecule has 6 heteroatoms. The summed E-state index contributed by atoms with van der Waals surface area (Å²) in [4.78, 5) is 33.0. The van der Waals surface area contributed by atoms with Gasteiger partial charge in [-0.25, -0.2) is 0 Å². The number of carbonyl (C=O) groups excluding carboxylic acids is 3. The van der Waals surface area contributed by atoms with Crippen molar-refractivity contribution in [3.63, 3.8) is 0 Å². The molecule has 14 heavy (non-hydrogen) atoms. The van der Waals surface area contributed by atoms with E-state index >= 15 is 0 Å². The van der Waals surface area contributed by atoms with Gasteiger partial charge in [0.05, 0.1) is 13.0 Å². The number of hydrogen-bond acceptors (Lipinski definition) is 5. The molecule has 0 amide bonds. The summed E-state index contributed by atoms with van der Waals surface area (Å²) in [6, 6.07) is 0. The molecule has 0 aromatic heterocycles. The molecule has 0 radical (unpaired) electrons. The number of ketones is 2. The lowest BCUT2D eigenvalue weighted by Crippen LogP contribution is -2.34. The van der Waals surface area contributed by atoms with Crippen LogP contribution >= 0.6 is 11.6 Å². The zero-order chi connectivity index (χ0) is 11.1. The third kappa shape index (κ3) is 3.85. The molecule has 80 valence electrons. The van der Waals surface area contributed by atoms with Crippen LogP contribution in [0.4, 0.5) is 0 Å². The van der Waals surface area contributed by atoms with Crippen LogP contribution in [0.3, 0.4) is 0 Å². The predicted molar refractivity (Wildman–Crippen MR) is 48.2 cm³/mol. The van der Waals surface area contributed by atoms with Gasteiger partial charge in [-0.3, -0.25) is 14.4 Å². The first kappa shape index (κ1) is 13.1. The van der Waals surface area contributed by atoms with Crippen LogP contribution in [0.2, 0.25) is 0 Å². The summed E-state index contributed by atoms with van der Waals surface area (Å²) >= 11 is 5.24. The first-order valence-electron chi connectivity index (χ1n) is 3.77. The lowest BCUT2D eigenvalue weighted by Gasteiger charge is -2.10. The van der Waals surface area contributed by atoms with Crippen molar-refractivity contribution >= 4 is 29.1 Å². The molecule has 0 spiro atoms. The van der Waals surface area contributed by atoms with Gasteiger partial charge < -0.3 is 9.47 Å². The molecule has 0 aromatic rings. The fourth-order valence-corrected chi connectivity index (χ4v) is 0.960. The Balaban J connectivity index is 4.32. The van der Waals surface area contributed by atoms with Crippen molar-refractivity contribution in [3.05, 3.63) is 0 Å². The Kier molecular flexibility index (Phi) is 6.07. The smallest absolute Gasteiger partial charge is 0.313 e. The van der Waals surface area contributed by atoms with E-state index in [0.717, 1.165) is 7.11 Å². The van der Waals surface area contributed by atoms with Gasteiger partial charge in [-0.1, -0.05) is 0 Å². The predicted octanol–water partition coefficient (Wildman–Crippen LogP) is -0.0585. The highest BCUT2D eigenvalue weighted by molar-refractivity contribution is 6.30. The standard InChI is InChI=1S/C8H11ClO5/c1-13-7(12)3-5(10)8(14-2)6(11)4-9/h8H,3-4H2,1-2H3. The summed E-state index contributed by atoms with van der Waals surface area (Å²) in [5.74, 6) is -2.25. The summed E-state index contributed by atoms with van der Waals surface area (Å²) in [7, 11) is 2.35. The van der Waals surface area contributed by atoms with E-state index in [0.29, 0.717) is 0 Å². The largest absolute Gasteiger partial charge is 0.469 e. The van der Waals surface area contributed by atoms with Gasteiger partial charge in [0.25, 0.3) is 0 Å². The normalized spacial score (nSPS) is 11.9. The van der Waals surface area contributed by atoms with Gasteiger partial charge in [-0.2, -0.15) is 0 Å². The van der Waals surface area contributed by atoms with E-state index < -0.39 is 30.1 Å². The van der Waals surface area contributed by atoms with Gasteiger partial charge >= 0.3 is 5.97 Å². The molecule has 1 atom stereocenters. The Labute approximate surface area is 86.3 Å². The minimum Gasteiger partial charge on any atom is -0.469 e. The highest BCUT2D eigenvalue weighted by atomic mass is 35.5. The van der Waals surface area contributed by atoms with E-state index in [2.05, 4.69) is 9.47 Å².